The predicted octanol–water partition coefficient (Wildman–Crippen LogP) is 8.64. The average molecular weight is 667 g/mol. The Morgan fingerprint density at radius 1 is 0.809 bits per heavy atom. The topological polar surface area (TPSA) is 90.1 Å². The van der Waals surface area contributed by atoms with Gasteiger partial charge in [-0.3, -0.25) is 0 Å². The third kappa shape index (κ3) is 7.05. The maximum atomic E-state index is 13.8. The summed E-state index contributed by atoms with van der Waals surface area (Å²) in [6, 6.07) is 13.5. The lowest BCUT2D eigenvalue weighted by Crippen LogP contribution is -2.18. The number of ether oxygens (including phenoxy) is 1. The molecule has 0 saturated heterocycles. The Kier molecular flexibility index (Phi) is 8.47. The van der Waals surface area contributed by atoms with Crippen LogP contribution in [0.5, 0.6) is 5.88 Å². The van der Waals surface area contributed by atoms with Gasteiger partial charge in [-0.2, -0.15) is 44.6 Å². The van der Waals surface area contributed by atoms with Crippen molar-refractivity contribution in [3.8, 4) is 34.1 Å². The fraction of sp³-hybridized carbons (Fsp3) is 0.161. The molecule has 0 spiro atoms. The summed E-state index contributed by atoms with van der Waals surface area (Å²) >= 11 is 0. The third-order valence-corrected chi connectivity index (χ3v) is 6.93. The lowest BCUT2D eigenvalue weighted by molar-refractivity contribution is -0.143. The van der Waals surface area contributed by atoms with E-state index in [0.717, 1.165) is 18.2 Å². The number of aromatic nitrogens is 4. The molecule has 16 heteroatoms. The summed E-state index contributed by atoms with van der Waals surface area (Å²) in [5.41, 5.74) is -3.16. The molecule has 0 atom stereocenters. The lowest BCUT2D eigenvalue weighted by atomic mass is 9.99. The van der Waals surface area contributed by atoms with Crippen LogP contribution in [0.4, 0.5) is 39.5 Å². The highest BCUT2D eigenvalue weighted by Gasteiger charge is 2.41. The number of pyridine rings is 2. The minimum Gasteiger partial charge on any atom is -0.478 e. The zero-order valence-corrected chi connectivity index (χ0v) is 23.7. The normalized spacial score (nSPS) is 12.3. The van der Waals surface area contributed by atoms with E-state index in [1.165, 1.54) is 24.3 Å². The molecule has 0 saturated carbocycles. The number of alkyl halides is 9. The van der Waals surface area contributed by atoms with Gasteiger partial charge in [0.25, 0.3) is 0 Å². The Balaban J connectivity index is 1.48. The molecule has 0 bridgehead atoms. The highest BCUT2D eigenvalue weighted by molar-refractivity contribution is 5.89. The molecule has 7 nitrogen and oxygen atoms in total. The number of carbonyl (C=O) groups is 1. The van der Waals surface area contributed by atoms with Crippen molar-refractivity contribution in [2.75, 3.05) is 0 Å². The summed E-state index contributed by atoms with van der Waals surface area (Å²) in [6.07, 6.45) is -13.5. The first-order valence-electron chi connectivity index (χ1n) is 13.3. The zero-order valence-electron chi connectivity index (χ0n) is 23.7. The van der Waals surface area contributed by atoms with E-state index in [9.17, 15) is 49.4 Å². The second-order valence-corrected chi connectivity index (χ2v) is 10.1. The van der Waals surface area contributed by atoms with Gasteiger partial charge in [-0.25, -0.2) is 19.4 Å². The maximum absolute atomic E-state index is 13.8. The Morgan fingerprint density at radius 2 is 1.47 bits per heavy atom. The van der Waals surface area contributed by atoms with E-state index in [0.29, 0.717) is 40.7 Å². The Hall–Kier alpha value is -5.41. The zero-order chi connectivity index (χ0) is 34.3. The van der Waals surface area contributed by atoms with Gasteiger partial charge < -0.3 is 9.84 Å². The number of aryl methyl sites for hydroxylation is 1. The molecule has 0 aliphatic rings. The van der Waals surface area contributed by atoms with Crippen molar-refractivity contribution in [3.63, 3.8) is 0 Å². The molecule has 0 aliphatic carbocycles. The van der Waals surface area contributed by atoms with Crippen molar-refractivity contribution >= 4 is 5.97 Å². The number of benzene rings is 2. The van der Waals surface area contributed by atoms with Crippen LogP contribution in [0.3, 0.4) is 0 Å². The van der Waals surface area contributed by atoms with Crippen LogP contribution in [-0.2, 0) is 25.1 Å². The largest absolute Gasteiger partial charge is 0.478 e. The SMILES string of the molecule is Cc1cc(-c2ccc(C(F)(F)F)cc2)ccc1COc1ncc(C(F)(F)F)cc1-c1cccc(-n2ncc(C(=O)O)c2C(F)(F)F)n1. The van der Waals surface area contributed by atoms with E-state index in [1.807, 2.05) is 0 Å². The molecular weight excluding hydrogens is 647 g/mol. The number of aromatic carboxylic acids is 1. The minimum atomic E-state index is -5.17. The molecule has 0 fully saturated rings. The van der Waals surface area contributed by atoms with Gasteiger partial charge in [0.2, 0.25) is 5.88 Å². The number of hydrogen-bond acceptors (Lipinski definition) is 5. The molecule has 47 heavy (non-hydrogen) atoms. The standard InChI is InChI=1S/C31H19F9N4O3/c1-16-11-18(17-7-9-20(10-8-17)29(32,33)34)5-6-19(16)15-47-27-22(12-21(13-41-27)30(35,36)37)24-3-2-4-25(43-24)44-26(31(38,39)40)23(14-42-44)28(45)46/h2-14H,15H2,1H3,(H,45,46). The van der Waals surface area contributed by atoms with Crippen LogP contribution in [0.2, 0.25) is 0 Å². The van der Waals surface area contributed by atoms with Gasteiger partial charge in [-0.05, 0) is 59.5 Å². The highest BCUT2D eigenvalue weighted by Crippen LogP contribution is 2.38. The molecular formula is C31H19F9N4O3. The number of rotatable bonds is 7. The summed E-state index contributed by atoms with van der Waals surface area (Å²) in [6.45, 7) is 1.45. The summed E-state index contributed by atoms with van der Waals surface area (Å²) in [7, 11) is 0. The van der Waals surface area contributed by atoms with Crippen molar-refractivity contribution in [1.29, 1.82) is 0 Å². The van der Waals surface area contributed by atoms with Gasteiger partial charge in [0, 0.05) is 6.20 Å². The molecule has 0 radical (unpaired) electrons. The Morgan fingerprint density at radius 3 is 2.06 bits per heavy atom. The molecule has 244 valence electrons. The monoisotopic (exact) mass is 666 g/mol. The van der Waals surface area contributed by atoms with Crippen LogP contribution in [-0.4, -0.2) is 30.8 Å². The van der Waals surface area contributed by atoms with Crippen molar-refractivity contribution in [3.05, 3.63) is 113 Å². The number of hydrogen-bond donors (Lipinski definition) is 1. The highest BCUT2D eigenvalue weighted by atomic mass is 19.4. The average Bonchev–Trinajstić information content (AvgIpc) is 3.47. The summed E-state index contributed by atoms with van der Waals surface area (Å²) in [4.78, 5) is 19.2. The minimum absolute atomic E-state index is 0.218. The molecule has 3 heterocycles. The molecule has 0 amide bonds. The van der Waals surface area contributed by atoms with Gasteiger partial charge in [-0.1, -0.05) is 36.4 Å². The summed E-state index contributed by atoms with van der Waals surface area (Å²) in [5, 5.41) is 12.7. The summed E-state index contributed by atoms with van der Waals surface area (Å²) < 4.78 is 127. The second kappa shape index (κ2) is 12.1. The van der Waals surface area contributed by atoms with E-state index in [1.54, 1.807) is 25.1 Å². The van der Waals surface area contributed by atoms with Gasteiger partial charge in [0.05, 0.1) is 28.6 Å². The van der Waals surface area contributed by atoms with Crippen LogP contribution in [0, 0.1) is 6.92 Å². The van der Waals surface area contributed by atoms with Crippen molar-refractivity contribution in [2.24, 2.45) is 0 Å². The molecule has 1 N–H and O–H groups in total. The van der Waals surface area contributed by atoms with Gasteiger partial charge >= 0.3 is 24.5 Å². The predicted molar refractivity (Wildman–Crippen MR) is 148 cm³/mol. The third-order valence-electron chi connectivity index (χ3n) is 6.93. The molecule has 2 aromatic carbocycles. The molecule has 3 aromatic heterocycles. The lowest BCUT2D eigenvalue weighted by Gasteiger charge is -2.16. The van der Waals surface area contributed by atoms with Gasteiger partial charge in [0.15, 0.2) is 11.5 Å². The summed E-state index contributed by atoms with van der Waals surface area (Å²) in [5.74, 6) is -2.79. The van der Waals surface area contributed by atoms with Crippen LogP contribution in [0.25, 0.3) is 28.2 Å². The van der Waals surface area contributed by atoms with Crippen LogP contribution < -0.4 is 4.74 Å². The maximum Gasteiger partial charge on any atom is 0.434 e. The fourth-order valence-corrected chi connectivity index (χ4v) is 4.58. The number of nitrogens with zero attached hydrogens (tertiary/aromatic N) is 4. The Labute approximate surface area is 258 Å². The Bertz CT molecular complexity index is 1950. The van der Waals surface area contributed by atoms with E-state index >= 15 is 0 Å². The molecule has 5 rings (SSSR count). The van der Waals surface area contributed by atoms with Crippen molar-refractivity contribution in [1.82, 2.24) is 19.7 Å². The van der Waals surface area contributed by atoms with E-state index in [4.69, 9.17) is 4.74 Å². The quantitative estimate of drug-likeness (QED) is 0.175. The van der Waals surface area contributed by atoms with E-state index in [-0.39, 0.29) is 28.4 Å². The van der Waals surface area contributed by atoms with E-state index < -0.39 is 52.7 Å². The number of carboxylic acids is 1. The van der Waals surface area contributed by atoms with E-state index in [2.05, 4.69) is 15.1 Å². The molecule has 5 aromatic rings. The number of halogens is 9. The van der Waals surface area contributed by atoms with Gasteiger partial charge in [0.1, 0.15) is 12.2 Å². The first-order valence-corrected chi connectivity index (χ1v) is 13.3. The fourth-order valence-electron chi connectivity index (χ4n) is 4.58. The number of carboxylic acid groups (broad SMARTS) is 1. The van der Waals surface area contributed by atoms with Crippen molar-refractivity contribution < 1.29 is 54.2 Å². The van der Waals surface area contributed by atoms with Crippen molar-refractivity contribution in [2.45, 2.75) is 32.1 Å². The van der Waals surface area contributed by atoms with Crippen LogP contribution in [0.15, 0.2) is 79.1 Å². The molecule has 0 unspecified atom stereocenters. The first-order chi connectivity index (χ1) is 21.9. The first kappa shape index (κ1) is 33.0. The smallest absolute Gasteiger partial charge is 0.434 e. The van der Waals surface area contributed by atoms with Crippen LogP contribution in [0.1, 0.15) is 38.3 Å². The second-order valence-electron chi connectivity index (χ2n) is 10.1. The molecule has 0 aliphatic heterocycles. The van der Waals surface area contributed by atoms with Gasteiger partial charge in [-0.15, -0.1) is 0 Å². The van der Waals surface area contributed by atoms with Crippen LogP contribution >= 0.6 is 0 Å².